The van der Waals surface area contributed by atoms with Crippen molar-refractivity contribution in [3.63, 3.8) is 0 Å². The highest BCUT2D eigenvalue weighted by molar-refractivity contribution is 5.42. The average molecular weight is 259 g/mol. The molecule has 0 radical (unpaired) electrons. The normalized spacial score (nSPS) is 13.9. The Morgan fingerprint density at radius 2 is 1.84 bits per heavy atom. The standard InChI is InChI=1S/C16H18FNO/c1-11-7-13(9-14(17)8-11)16(2,18)12-5-4-6-15(10-12)19-3/h4-10H,18H2,1-3H3. The zero-order valence-corrected chi connectivity index (χ0v) is 11.4. The molecule has 0 saturated heterocycles. The van der Waals surface area contributed by atoms with Gasteiger partial charge in [-0.15, -0.1) is 0 Å². The van der Waals surface area contributed by atoms with Crippen LogP contribution in [0.25, 0.3) is 0 Å². The van der Waals surface area contributed by atoms with Gasteiger partial charge in [-0.1, -0.05) is 18.2 Å². The Morgan fingerprint density at radius 1 is 1.11 bits per heavy atom. The molecule has 2 aromatic carbocycles. The van der Waals surface area contributed by atoms with Gasteiger partial charge in [-0.25, -0.2) is 4.39 Å². The van der Waals surface area contributed by atoms with Crippen LogP contribution in [0, 0.1) is 12.7 Å². The minimum atomic E-state index is -0.763. The number of methoxy groups -OCH3 is 1. The molecule has 19 heavy (non-hydrogen) atoms. The molecule has 0 amide bonds. The van der Waals surface area contributed by atoms with Crippen LogP contribution in [0.4, 0.5) is 4.39 Å². The summed E-state index contributed by atoms with van der Waals surface area (Å²) in [5.41, 5.74) is 8.13. The van der Waals surface area contributed by atoms with Crippen molar-refractivity contribution in [1.82, 2.24) is 0 Å². The zero-order valence-electron chi connectivity index (χ0n) is 11.4. The van der Waals surface area contributed by atoms with Crippen LogP contribution in [0.5, 0.6) is 5.75 Å². The smallest absolute Gasteiger partial charge is 0.123 e. The van der Waals surface area contributed by atoms with Crippen LogP contribution in [0.1, 0.15) is 23.6 Å². The zero-order chi connectivity index (χ0) is 14.0. The summed E-state index contributed by atoms with van der Waals surface area (Å²) in [6.45, 7) is 3.73. The number of nitrogens with two attached hydrogens (primary N) is 1. The van der Waals surface area contributed by atoms with Crippen LogP contribution < -0.4 is 10.5 Å². The molecule has 0 aromatic heterocycles. The molecule has 0 aliphatic heterocycles. The van der Waals surface area contributed by atoms with E-state index in [9.17, 15) is 4.39 Å². The topological polar surface area (TPSA) is 35.2 Å². The summed E-state index contributed by atoms with van der Waals surface area (Å²) < 4.78 is 18.7. The van der Waals surface area contributed by atoms with Crippen molar-refractivity contribution >= 4 is 0 Å². The Balaban J connectivity index is 2.50. The average Bonchev–Trinajstić information content (AvgIpc) is 2.37. The lowest BCUT2D eigenvalue weighted by Gasteiger charge is -2.26. The summed E-state index contributed by atoms with van der Waals surface area (Å²) in [6.07, 6.45) is 0. The van der Waals surface area contributed by atoms with E-state index in [2.05, 4.69) is 0 Å². The van der Waals surface area contributed by atoms with Crippen LogP contribution >= 0.6 is 0 Å². The third kappa shape index (κ3) is 2.76. The highest BCUT2D eigenvalue weighted by Crippen LogP contribution is 2.29. The molecule has 0 aliphatic rings. The maximum Gasteiger partial charge on any atom is 0.123 e. The fraction of sp³-hybridized carbons (Fsp3) is 0.250. The Bertz CT molecular complexity index is 573. The first-order chi connectivity index (χ1) is 8.93. The van der Waals surface area contributed by atoms with Crippen LogP contribution in [0.3, 0.4) is 0 Å². The van der Waals surface area contributed by atoms with Gasteiger partial charge in [0.05, 0.1) is 12.6 Å². The second-order valence-electron chi connectivity index (χ2n) is 4.95. The van der Waals surface area contributed by atoms with E-state index in [1.807, 2.05) is 44.2 Å². The van der Waals surface area contributed by atoms with Crippen molar-refractivity contribution in [3.05, 3.63) is 65.0 Å². The second kappa shape index (κ2) is 5.02. The van der Waals surface area contributed by atoms with Crippen LogP contribution in [0.15, 0.2) is 42.5 Å². The largest absolute Gasteiger partial charge is 0.497 e. The first kappa shape index (κ1) is 13.6. The molecule has 3 heteroatoms. The molecule has 2 rings (SSSR count). The second-order valence-corrected chi connectivity index (χ2v) is 4.95. The molecule has 0 bridgehead atoms. The van der Waals surface area contributed by atoms with E-state index in [4.69, 9.17) is 10.5 Å². The molecular formula is C16H18FNO. The number of hydrogen-bond acceptors (Lipinski definition) is 2. The van der Waals surface area contributed by atoms with Gasteiger partial charge in [0, 0.05) is 0 Å². The summed E-state index contributed by atoms with van der Waals surface area (Å²) in [5, 5.41) is 0. The highest BCUT2D eigenvalue weighted by Gasteiger charge is 2.25. The van der Waals surface area contributed by atoms with E-state index >= 15 is 0 Å². The monoisotopic (exact) mass is 259 g/mol. The summed E-state index contributed by atoms with van der Waals surface area (Å²) in [5.74, 6) is 0.469. The number of hydrogen-bond donors (Lipinski definition) is 1. The maximum absolute atomic E-state index is 13.5. The number of ether oxygens (including phenoxy) is 1. The molecular weight excluding hydrogens is 241 g/mol. The number of benzene rings is 2. The minimum absolute atomic E-state index is 0.269. The fourth-order valence-corrected chi connectivity index (χ4v) is 2.15. The SMILES string of the molecule is COc1cccc(C(C)(N)c2cc(C)cc(F)c2)c1. The predicted molar refractivity (Wildman–Crippen MR) is 74.8 cm³/mol. The van der Waals surface area contributed by atoms with Gasteiger partial charge < -0.3 is 10.5 Å². The number of rotatable bonds is 3. The first-order valence-corrected chi connectivity index (χ1v) is 6.14. The van der Waals surface area contributed by atoms with Crippen molar-refractivity contribution in [2.75, 3.05) is 7.11 Å². The predicted octanol–water partition coefficient (Wildman–Crippen LogP) is 3.36. The van der Waals surface area contributed by atoms with Gasteiger partial charge >= 0.3 is 0 Å². The molecule has 2 aromatic rings. The minimum Gasteiger partial charge on any atom is -0.497 e. The first-order valence-electron chi connectivity index (χ1n) is 6.14. The lowest BCUT2D eigenvalue weighted by molar-refractivity contribution is 0.413. The van der Waals surface area contributed by atoms with Crippen molar-refractivity contribution in [3.8, 4) is 5.75 Å². The van der Waals surface area contributed by atoms with Crippen molar-refractivity contribution in [2.45, 2.75) is 19.4 Å². The van der Waals surface area contributed by atoms with E-state index in [-0.39, 0.29) is 5.82 Å². The Labute approximate surface area is 113 Å². The van der Waals surface area contributed by atoms with E-state index < -0.39 is 5.54 Å². The quantitative estimate of drug-likeness (QED) is 0.917. The molecule has 0 saturated carbocycles. The fourth-order valence-electron chi connectivity index (χ4n) is 2.15. The molecule has 2 nitrogen and oxygen atoms in total. The summed E-state index contributed by atoms with van der Waals surface area (Å²) >= 11 is 0. The lowest BCUT2D eigenvalue weighted by Crippen LogP contribution is -2.34. The van der Waals surface area contributed by atoms with Crippen LogP contribution in [-0.2, 0) is 5.54 Å². The highest BCUT2D eigenvalue weighted by atomic mass is 19.1. The van der Waals surface area contributed by atoms with Crippen LogP contribution in [-0.4, -0.2) is 7.11 Å². The molecule has 1 atom stereocenters. The summed E-state index contributed by atoms with van der Waals surface area (Å²) in [6, 6.07) is 12.4. The summed E-state index contributed by atoms with van der Waals surface area (Å²) in [7, 11) is 1.61. The van der Waals surface area contributed by atoms with Crippen molar-refractivity contribution in [1.29, 1.82) is 0 Å². The van der Waals surface area contributed by atoms with Gasteiger partial charge in [0.2, 0.25) is 0 Å². The molecule has 0 heterocycles. The van der Waals surface area contributed by atoms with Gasteiger partial charge in [-0.05, 0) is 54.8 Å². The van der Waals surface area contributed by atoms with Gasteiger partial charge in [0.1, 0.15) is 11.6 Å². The van der Waals surface area contributed by atoms with Crippen LogP contribution in [0.2, 0.25) is 0 Å². The van der Waals surface area contributed by atoms with E-state index in [0.717, 1.165) is 22.4 Å². The van der Waals surface area contributed by atoms with Gasteiger partial charge in [0.25, 0.3) is 0 Å². The summed E-state index contributed by atoms with van der Waals surface area (Å²) in [4.78, 5) is 0. The Kier molecular flexibility index (Phi) is 3.58. The van der Waals surface area contributed by atoms with E-state index in [1.165, 1.54) is 12.1 Å². The molecule has 2 N–H and O–H groups in total. The number of aryl methyl sites for hydroxylation is 1. The maximum atomic E-state index is 13.5. The Hall–Kier alpha value is -1.87. The van der Waals surface area contributed by atoms with Gasteiger partial charge in [-0.3, -0.25) is 0 Å². The molecule has 0 aliphatic carbocycles. The Morgan fingerprint density at radius 3 is 2.47 bits per heavy atom. The number of halogens is 1. The molecule has 0 fully saturated rings. The van der Waals surface area contributed by atoms with Crippen molar-refractivity contribution < 1.29 is 9.13 Å². The molecule has 0 spiro atoms. The molecule has 100 valence electrons. The molecule has 1 unspecified atom stereocenters. The lowest BCUT2D eigenvalue weighted by atomic mass is 9.85. The third-order valence-corrected chi connectivity index (χ3v) is 3.31. The van der Waals surface area contributed by atoms with E-state index in [0.29, 0.717) is 0 Å². The van der Waals surface area contributed by atoms with Gasteiger partial charge in [-0.2, -0.15) is 0 Å². The third-order valence-electron chi connectivity index (χ3n) is 3.31. The van der Waals surface area contributed by atoms with Gasteiger partial charge in [0.15, 0.2) is 0 Å². The van der Waals surface area contributed by atoms with Crippen molar-refractivity contribution in [2.24, 2.45) is 5.73 Å². The van der Waals surface area contributed by atoms with E-state index in [1.54, 1.807) is 7.11 Å².